The summed E-state index contributed by atoms with van der Waals surface area (Å²) in [6.45, 7) is 4.37. The van der Waals surface area contributed by atoms with Crippen molar-refractivity contribution in [2.24, 2.45) is 0 Å². The fourth-order valence-corrected chi connectivity index (χ4v) is 1.34. The van der Waals surface area contributed by atoms with Crippen LogP contribution in [0.2, 0.25) is 0 Å². The van der Waals surface area contributed by atoms with Gasteiger partial charge in [0, 0.05) is 11.0 Å². The number of hydrogen-bond donors (Lipinski definition) is 0. The molecular weight excluding hydrogens is 249 g/mol. The van der Waals surface area contributed by atoms with Crippen LogP contribution < -0.4 is 0 Å². The summed E-state index contributed by atoms with van der Waals surface area (Å²) in [6, 6.07) is 0. The van der Waals surface area contributed by atoms with Crippen molar-refractivity contribution < 1.29 is 0 Å². The third-order valence-electron chi connectivity index (χ3n) is 1.20. The van der Waals surface area contributed by atoms with E-state index in [1.165, 1.54) is 0 Å². The van der Waals surface area contributed by atoms with Gasteiger partial charge in [-0.1, -0.05) is 34.4 Å². The van der Waals surface area contributed by atoms with E-state index in [1.807, 2.05) is 6.92 Å². The van der Waals surface area contributed by atoms with Crippen LogP contribution in [0, 0.1) is 24.2 Å². The summed E-state index contributed by atoms with van der Waals surface area (Å²) in [5, 5.41) is 0. The molecule has 0 aliphatic heterocycles. The lowest BCUT2D eigenvalue weighted by Crippen LogP contribution is -2.26. The van der Waals surface area contributed by atoms with E-state index in [9.17, 15) is 0 Å². The molecule has 0 aromatic heterocycles. The molecule has 11 heavy (non-hydrogen) atoms. The van der Waals surface area contributed by atoms with Crippen LogP contribution in [0.3, 0.4) is 0 Å². The first kappa shape index (κ1) is 10.8. The van der Waals surface area contributed by atoms with Crippen LogP contribution in [0.4, 0.5) is 0 Å². The lowest BCUT2D eigenvalue weighted by atomic mass is 10.4. The highest BCUT2D eigenvalue weighted by atomic mass is 127. The molecule has 0 amide bonds. The van der Waals surface area contributed by atoms with Gasteiger partial charge in [0.05, 0.1) is 13.1 Å². The van der Waals surface area contributed by atoms with Gasteiger partial charge < -0.3 is 0 Å². The summed E-state index contributed by atoms with van der Waals surface area (Å²) in [6.07, 6.45) is 5.19. The highest BCUT2D eigenvalue weighted by Gasteiger charge is 1.97. The minimum atomic E-state index is 0.706. The molecule has 0 radical (unpaired) electrons. The van der Waals surface area contributed by atoms with Gasteiger partial charge in [-0.2, -0.15) is 0 Å². The Morgan fingerprint density at radius 2 is 2.18 bits per heavy atom. The second-order valence-corrected chi connectivity index (χ2v) is 3.11. The van der Waals surface area contributed by atoms with Crippen LogP contribution in [0.1, 0.15) is 6.92 Å². The Morgan fingerprint density at radius 1 is 1.45 bits per heavy atom. The van der Waals surface area contributed by atoms with Crippen LogP contribution in [0.25, 0.3) is 0 Å². The maximum atomic E-state index is 5.19. The summed E-state index contributed by atoms with van der Waals surface area (Å²) >= 11 is 2.34. The van der Waals surface area contributed by atoms with E-state index in [2.05, 4.69) is 45.3 Å². The Hall–Kier alpha value is -0.190. The highest BCUT2D eigenvalue weighted by molar-refractivity contribution is 14.1. The average Bonchev–Trinajstić information content (AvgIpc) is 2.01. The zero-order valence-corrected chi connectivity index (χ0v) is 8.89. The molecule has 0 bridgehead atoms. The van der Waals surface area contributed by atoms with Crippen molar-refractivity contribution in [2.75, 3.05) is 24.1 Å². The number of halogens is 1. The second kappa shape index (κ2) is 7.91. The van der Waals surface area contributed by atoms with E-state index >= 15 is 0 Å². The van der Waals surface area contributed by atoms with E-state index in [4.69, 9.17) is 6.42 Å². The van der Waals surface area contributed by atoms with E-state index in [-0.39, 0.29) is 0 Å². The minimum absolute atomic E-state index is 0.706. The average molecular weight is 261 g/mol. The summed E-state index contributed by atoms with van der Waals surface area (Å²) in [4.78, 5) is 2.16. The van der Waals surface area contributed by atoms with Gasteiger partial charge in [-0.05, 0) is 6.92 Å². The molecule has 1 nitrogen and oxygen atoms in total. The molecule has 0 saturated heterocycles. The molecule has 0 unspecified atom stereocenters. The molecule has 0 fully saturated rings. The molecule has 0 aromatic rings. The zero-order valence-electron chi connectivity index (χ0n) is 6.73. The summed E-state index contributed by atoms with van der Waals surface area (Å²) in [5.41, 5.74) is 0. The van der Waals surface area contributed by atoms with Gasteiger partial charge in [-0.3, -0.25) is 4.90 Å². The molecule has 0 aromatic carbocycles. The number of alkyl halides is 1. The standard InChI is InChI=1S/C9H12IN/c1-3-5-8-11(7-4-2)9-6-10/h2H,6-9H2,1H3. The number of rotatable bonds is 4. The van der Waals surface area contributed by atoms with Gasteiger partial charge in [0.1, 0.15) is 0 Å². The largest absolute Gasteiger partial charge is 0.280 e. The summed E-state index contributed by atoms with van der Waals surface area (Å²) in [7, 11) is 0. The first-order chi connectivity index (χ1) is 5.35. The Morgan fingerprint density at radius 3 is 2.64 bits per heavy atom. The van der Waals surface area contributed by atoms with E-state index in [0.717, 1.165) is 17.5 Å². The van der Waals surface area contributed by atoms with Crippen molar-refractivity contribution in [3.05, 3.63) is 0 Å². The molecule has 0 atom stereocenters. The molecule has 2 heteroatoms. The van der Waals surface area contributed by atoms with Crippen molar-refractivity contribution in [1.29, 1.82) is 0 Å². The summed E-state index contributed by atoms with van der Waals surface area (Å²) in [5.74, 6) is 8.46. The molecule has 0 rings (SSSR count). The Kier molecular flexibility index (Phi) is 7.78. The highest BCUT2D eigenvalue weighted by Crippen LogP contribution is 1.89. The molecule has 0 saturated carbocycles. The number of nitrogens with zero attached hydrogens (tertiary/aromatic N) is 1. The monoisotopic (exact) mass is 261 g/mol. The third-order valence-corrected chi connectivity index (χ3v) is 1.68. The van der Waals surface area contributed by atoms with Gasteiger partial charge in [0.2, 0.25) is 0 Å². The molecular formula is C9H12IN. The van der Waals surface area contributed by atoms with Gasteiger partial charge in [-0.15, -0.1) is 12.3 Å². The van der Waals surface area contributed by atoms with Crippen molar-refractivity contribution in [1.82, 2.24) is 4.90 Å². The molecule has 60 valence electrons. The van der Waals surface area contributed by atoms with Crippen LogP contribution in [-0.2, 0) is 0 Å². The summed E-state index contributed by atoms with van der Waals surface area (Å²) < 4.78 is 1.10. The van der Waals surface area contributed by atoms with Crippen molar-refractivity contribution in [2.45, 2.75) is 6.92 Å². The topological polar surface area (TPSA) is 3.24 Å². The van der Waals surface area contributed by atoms with E-state index in [0.29, 0.717) is 6.54 Å². The van der Waals surface area contributed by atoms with Gasteiger partial charge >= 0.3 is 0 Å². The third kappa shape index (κ3) is 6.22. The van der Waals surface area contributed by atoms with Crippen LogP contribution in [0.15, 0.2) is 0 Å². The molecule has 0 N–H and O–H groups in total. The van der Waals surface area contributed by atoms with Crippen molar-refractivity contribution in [3.8, 4) is 24.2 Å². The molecule has 0 spiro atoms. The molecule has 0 aliphatic rings. The Labute approximate surface area is 82.7 Å². The first-order valence-electron chi connectivity index (χ1n) is 3.46. The predicted octanol–water partition coefficient (Wildman–Crippen LogP) is 1.38. The Bertz CT molecular complexity index is 182. The van der Waals surface area contributed by atoms with Crippen LogP contribution in [0.5, 0.6) is 0 Å². The van der Waals surface area contributed by atoms with E-state index in [1.54, 1.807) is 0 Å². The van der Waals surface area contributed by atoms with Gasteiger partial charge in [0.25, 0.3) is 0 Å². The number of terminal acetylenes is 1. The van der Waals surface area contributed by atoms with Crippen LogP contribution in [-0.4, -0.2) is 29.0 Å². The maximum absolute atomic E-state index is 5.19. The van der Waals surface area contributed by atoms with E-state index < -0.39 is 0 Å². The lowest BCUT2D eigenvalue weighted by Gasteiger charge is -2.13. The maximum Gasteiger partial charge on any atom is 0.0610 e. The molecule has 0 heterocycles. The van der Waals surface area contributed by atoms with Gasteiger partial charge in [0.15, 0.2) is 0 Å². The second-order valence-electron chi connectivity index (χ2n) is 2.03. The fraction of sp³-hybridized carbons (Fsp3) is 0.556. The Balaban J connectivity index is 3.67. The fourth-order valence-electron chi connectivity index (χ4n) is 0.653. The van der Waals surface area contributed by atoms with Gasteiger partial charge in [-0.25, -0.2) is 0 Å². The normalized spacial score (nSPS) is 8.55. The van der Waals surface area contributed by atoms with Crippen LogP contribution >= 0.6 is 22.6 Å². The number of hydrogen-bond acceptors (Lipinski definition) is 1. The predicted molar refractivity (Wildman–Crippen MR) is 57.6 cm³/mol. The SMILES string of the molecule is C#CCN(CC#CC)CCI. The minimum Gasteiger partial charge on any atom is -0.280 e. The van der Waals surface area contributed by atoms with Crippen molar-refractivity contribution in [3.63, 3.8) is 0 Å². The quantitative estimate of drug-likeness (QED) is 0.420. The molecule has 0 aliphatic carbocycles. The zero-order chi connectivity index (χ0) is 8.53. The lowest BCUT2D eigenvalue weighted by molar-refractivity contribution is 0.371. The van der Waals surface area contributed by atoms with Crippen molar-refractivity contribution >= 4 is 22.6 Å². The smallest absolute Gasteiger partial charge is 0.0610 e. The first-order valence-corrected chi connectivity index (χ1v) is 4.99.